The number of terminal acetylenes is 1. The molecule has 0 saturated carbocycles. The SMILES string of the molecule is C#CCNc1ccccc1OCC. The topological polar surface area (TPSA) is 21.3 Å². The summed E-state index contributed by atoms with van der Waals surface area (Å²) in [6.45, 7) is 3.14. The first kappa shape index (κ1) is 9.47. The number of rotatable bonds is 4. The van der Waals surface area contributed by atoms with Crippen LogP contribution in [0.2, 0.25) is 0 Å². The summed E-state index contributed by atoms with van der Waals surface area (Å²) < 4.78 is 5.40. The summed E-state index contributed by atoms with van der Waals surface area (Å²) in [4.78, 5) is 0. The van der Waals surface area contributed by atoms with Gasteiger partial charge in [-0.1, -0.05) is 18.1 Å². The zero-order chi connectivity index (χ0) is 9.52. The van der Waals surface area contributed by atoms with Crippen LogP contribution in [0.4, 0.5) is 5.69 Å². The van der Waals surface area contributed by atoms with Gasteiger partial charge in [0.15, 0.2) is 0 Å². The number of hydrogen-bond donors (Lipinski definition) is 1. The van der Waals surface area contributed by atoms with Crippen molar-refractivity contribution in [3.63, 3.8) is 0 Å². The van der Waals surface area contributed by atoms with Crippen LogP contribution in [0.3, 0.4) is 0 Å². The van der Waals surface area contributed by atoms with Crippen LogP contribution in [-0.4, -0.2) is 13.2 Å². The third kappa shape index (κ3) is 2.72. The van der Waals surface area contributed by atoms with Crippen LogP contribution in [0, 0.1) is 12.3 Å². The Kier molecular flexibility index (Phi) is 3.72. The molecule has 13 heavy (non-hydrogen) atoms. The summed E-state index contributed by atoms with van der Waals surface area (Å²) in [5.41, 5.74) is 0.947. The second-order valence-electron chi connectivity index (χ2n) is 2.49. The lowest BCUT2D eigenvalue weighted by molar-refractivity contribution is 0.342. The number of para-hydroxylation sites is 2. The van der Waals surface area contributed by atoms with Gasteiger partial charge in [-0.25, -0.2) is 0 Å². The molecule has 68 valence electrons. The molecule has 1 rings (SSSR count). The van der Waals surface area contributed by atoms with Gasteiger partial charge in [-0.2, -0.15) is 0 Å². The van der Waals surface area contributed by atoms with E-state index >= 15 is 0 Å². The molecule has 0 aliphatic rings. The molecule has 0 amide bonds. The van der Waals surface area contributed by atoms with Crippen molar-refractivity contribution >= 4 is 5.69 Å². The quantitative estimate of drug-likeness (QED) is 0.708. The molecule has 1 aromatic carbocycles. The summed E-state index contributed by atoms with van der Waals surface area (Å²) >= 11 is 0. The molecule has 0 heterocycles. The number of nitrogens with one attached hydrogen (secondary N) is 1. The first-order chi connectivity index (χ1) is 6.38. The number of hydrogen-bond acceptors (Lipinski definition) is 2. The maximum Gasteiger partial charge on any atom is 0.142 e. The van der Waals surface area contributed by atoms with E-state index in [1.807, 2.05) is 31.2 Å². The minimum atomic E-state index is 0.518. The summed E-state index contributed by atoms with van der Waals surface area (Å²) in [5, 5.41) is 3.09. The van der Waals surface area contributed by atoms with Gasteiger partial charge >= 0.3 is 0 Å². The maximum absolute atomic E-state index is 5.40. The molecule has 0 saturated heterocycles. The van der Waals surface area contributed by atoms with E-state index in [4.69, 9.17) is 11.2 Å². The molecule has 1 N–H and O–H groups in total. The molecule has 2 heteroatoms. The summed E-state index contributed by atoms with van der Waals surface area (Å²) in [6.07, 6.45) is 5.15. The minimum absolute atomic E-state index is 0.518. The van der Waals surface area contributed by atoms with E-state index in [9.17, 15) is 0 Å². The van der Waals surface area contributed by atoms with E-state index in [0.29, 0.717) is 13.2 Å². The van der Waals surface area contributed by atoms with Crippen LogP contribution in [0.1, 0.15) is 6.92 Å². The summed E-state index contributed by atoms with van der Waals surface area (Å²) in [7, 11) is 0. The highest BCUT2D eigenvalue weighted by molar-refractivity contribution is 5.56. The zero-order valence-corrected chi connectivity index (χ0v) is 7.71. The molecule has 1 aromatic rings. The van der Waals surface area contributed by atoms with Crippen LogP contribution >= 0.6 is 0 Å². The Hall–Kier alpha value is -1.62. The van der Waals surface area contributed by atoms with Crippen molar-refractivity contribution in [2.24, 2.45) is 0 Å². The van der Waals surface area contributed by atoms with E-state index in [2.05, 4.69) is 11.2 Å². The fourth-order valence-electron chi connectivity index (χ4n) is 1.04. The minimum Gasteiger partial charge on any atom is -0.492 e. The highest BCUT2D eigenvalue weighted by atomic mass is 16.5. The molecule has 0 unspecified atom stereocenters. The molecular formula is C11H13NO. The Morgan fingerprint density at radius 1 is 1.46 bits per heavy atom. The first-order valence-corrected chi connectivity index (χ1v) is 4.27. The molecule has 0 fully saturated rings. The van der Waals surface area contributed by atoms with Gasteiger partial charge in [0, 0.05) is 0 Å². The summed E-state index contributed by atoms with van der Waals surface area (Å²) in [5.74, 6) is 3.37. The van der Waals surface area contributed by atoms with E-state index in [1.54, 1.807) is 0 Å². The van der Waals surface area contributed by atoms with Gasteiger partial charge in [-0.15, -0.1) is 6.42 Å². The second kappa shape index (κ2) is 5.10. The number of anilines is 1. The Morgan fingerprint density at radius 2 is 2.23 bits per heavy atom. The maximum atomic E-state index is 5.40. The van der Waals surface area contributed by atoms with Gasteiger partial charge in [0.1, 0.15) is 5.75 Å². The number of benzene rings is 1. The lowest BCUT2D eigenvalue weighted by Crippen LogP contribution is -2.01. The molecule has 0 aromatic heterocycles. The fraction of sp³-hybridized carbons (Fsp3) is 0.273. The molecule has 0 spiro atoms. The van der Waals surface area contributed by atoms with Gasteiger partial charge in [0.2, 0.25) is 0 Å². The van der Waals surface area contributed by atoms with Crippen molar-refractivity contribution in [3.8, 4) is 18.1 Å². The monoisotopic (exact) mass is 175 g/mol. The van der Waals surface area contributed by atoms with Crippen molar-refractivity contribution in [3.05, 3.63) is 24.3 Å². The Labute approximate surface area is 78.9 Å². The third-order valence-corrected chi connectivity index (χ3v) is 1.57. The molecule has 0 atom stereocenters. The smallest absolute Gasteiger partial charge is 0.142 e. The van der Waals surface area contributed by atoms with Crippen LogP contribution in [0.5, 0.6) is 5.75 Å². The highest BCUT2D eigenvalue weighted by Crippen LogP contribution is 2.22. The molecular weight excluding hydrogens is 162 g/mol. The van der Waals surface area contributed by atoms with Crippen LogP contribution in [0.25, 0.3) is 0 Å². The standard InChI is InChI=1S/C11H13NO/c1-3-9-12-10-7-5-6-8-11(10)13-4-2/h1,5-8,12H,4,9H2,2H3. The largest absolute Gasteiger partial charge is 0.492 e. The van der Waals surface area contributed by atoms with E-state index in [-0.39, 0.29) is 0 Å². The number of ether oxygens (including phenoxy) is 1. The van der Waals surface area contributed by atoms with Gasteiger partial charge < -0.3 is 10.1 Å². The van der Waals surface area contributed by atoms with Crippen molar-refractivity contribution in [2.75, 3.05) is 18.5 Å². The fourth-order valence-corrected chi connectivity index (χ4v) is 1.04. The van der Waals surface area contributed by atoms with Crippen molar-refractivity contribution in [1.82, 2.24) is 0 Å². The van der Waals surface area contributed by atoms with Gasteiger partial charge in [-0.05, 0) is 19.1 Å². The van der Waals surface area contributed by atoms with Crippen molar-refractivity contribution in [2.45, 2.75) is 6.92 Å². The predicted molar refractivity (Wildman–Crippen MR) is 54.9 cm³/mol. The Balaban J connectivity index is 2.73. The average molecular weight is 175 g/mol. The van der Waals surface area contributed by atoms with E-state index < -0.39 is 0 Å². The van der Waals surface area contributed by atoms with Crippen LogP contribution < -0.4 is 10.1 Å². The average Bonchev–Trinajstić information content (AvgIpc) is 2.17. The highest BCUT2D eigenvalue weighted by Gasteiger charge is 1.98. The molecule has 0 radical (unpaired) electrons. The Bertz CT molecular complexity index is 301. The zero-order valence-electron chi connectivity index (χ0n) is 7.71. The normalized spacial score (nSPS) is 8.92. The predicted octanol–water partition coefficient (Wildman–Crippen LogP) is 2.13. The van der Waals surface area contributed by atoms with Gasteiger partial charge in [-0.3, -0.25) is 0 Å². The van der Waals surface area contributed by atoms with Crippen molar-refractivity contribution in [1.29, 1.82) is 0 Å². The van der Waals surface area contributed by atoms with E-state index in [0.717, 1.165) is 11.4 Å². The third-order valence-electron chi connectivity index (χ3n) is 1.57. The second-order valence-corrected chi connectivity index (χ2v) is 2.49. The first-order valence-electron chi connectivity index (χ1n) is 4.27. The molecule has 0 aliphatic heterocycles. The van der Waals surface area contributed by atoms with Crippen LogP contribution in [0.15, 0.2) is 24.3 Å². The molecule has 0 aliphatic carbocycles. The molecule has 2 nitrogen and oxygen atoms in total. The van der Waals surface area contributed by atoms with E-state index in [1.165, 1.54) is 0 Å². The lowest BCUT2D eigenvalue weighted by atomic mass is 10.3. The van der Waals surface area contributed by atoms with Crippen LogP contribution in [-0.2, 0) is 0 Å². The summed E-state index contributed by atoms with van der Waals surface area (Å²) in [6, 6.07) is 7.75. The lowest BCUT2D eigenvalue weighted by Gasteiger charge is -2.09. The van der Waals surface area contributed by atoms with Gasteiger partial charge in [0.05, 0.1) is 18.8 Å². The molecule has 0 bridgehead atoms. The van der Waals surface area contributed by atoms with Crippen molar-refractivity contribution < 1.29 is 4.74 Å². The van der Waals surface area contributed by atoms with Gasteiger partial charge in [0.25, 0.3) is 0 Å². The Morgan fingerprint density at radius 3 is 2.92 bits per heavy atom.